The van der Waals surface area contributed by atoms with Gasteiger partial charge in [0.25, 0.3) is 0 Å². The maximum absolute atomic E-state index is 13.9. The molecule has 0 bridgehead atoms. The predicted octanol–water partition coefficient (Wildman–Crippen LogP) is 4.71. The Bertz CT molecular complexity index is 997. The van der Waals surface area contributed by atoms with Crippen LogP contribution in [0.2, 0.25) is 0 Å². The zero-order chi connectivity index (χ0) is 19.4. The van der Waals surface area contributed by atoms with Crippen LogP contribution in [0.3, 0.4) is 0 Å². The monoisotopic (exact) mass is 371 g/mol. The maximum Gasteiger partial charge on any atom is 0.353 e. The van der Waals surface area contributed by atoms with Crippen molar-refractivity contribution in [3.8, 4) is 0 Å². The lowest BCUT2D eigenvalue weighted by atomic mass is 10.1. The molecule has 9 heteroatoms. The van der Waals surface area contributed by atoms with Crippen molar-refractivity contribution in [1.29, 1.82) is 0 Å². The Labute approximate surface area is 153 Å². The molecular weight excluding hydrogens is 356 g/mol. The van der Waals surface area contributed by atoms with E-state index in [-0.39, 0.29) is 17.3 Å². The number of benzene rings is 2. The summed E-state index contributed by atoms with van der Waals surface area (Å²) in [6.07, 6.45) is 1.81. The van der Waals surface area contributed by atoms with Gasteiger partial charge in [-0.1, -0.05) is 25.1 Å². The van der Waals surface area contributed by atoms with Crippen LogP contribution < -0.4 is 10.6 Å². The molecule has 0 atom stereocenters. The molecule has 7 nitrogen and oxygen atoms in total. The smallest absolute Gasteiger partial charge is 0.334 e. The van der Waals surface area contributed by atoms with Gasteiger partial charge in [-0.2, -0.15) is 0 Å². The van der Waals surface area contributed by atoms with Gasteiger partial charge in [-0.05, 0) is 30.2 Å². The number of aryl methyl sites for hydroxylation is 1. The topological polar surface area (TPSA) is 93.0 Å². The number of halogens is 2. The van der Waals surface area contributed by atoms with Crippen molar-refractivity contribution in [1.82, 2.24) is 9.97 Å². The fraction of sp³-hybridized carbons (Fsp3) is 0.111. The van der Waals surface area contributed by atoms with Crippen molar-refractivity contribution in [3.63, 3.8) is 0 Å². The lowest BCUT2D eigenvalue weighted by Crippen LogP contribution is -2.07. The van der Waals surface area contributed by atoms with Gasteiger partial charge >= 0.3 is 5.69 Å². The van der Waals surface area contributed by atoms with E-state index in [1.807, 2.05) is 19.1 Å². The number of rotatable bonds is 6. The summed E-state index contributed by atoms with van der Waals surface area (Å²) in [4.78, 5) is 18.7. The zero-order valence-electron chi connectivity index (χ0n) is 14.2. The summed E-state index contributed by atoms with van der Waals surface area (Å²) in [6.45, 7) is 1.95. The molecule has 3 aromatic rings. The fourth-order valence-corrected chi connectivity index (χ4v) is 2.53. The first-order valence-electron chi connectivity index (χ1n) is 8.06. The molecule has 1 heterocycles. The third-order valence-corrected chi connectivity index (χ3v) is 3.84. The van der Waals surface area contributed by atoms with Crippen molar-refractivity contribution < 1.29 is 13.7 Å². The highest BCUT2D eigenvalue weighted by Crippen LogP contribution is 2.34. The van der Waals surface area contributed by atoms with Crippen LogP contribution in [-0.4, -0.2) is 14.9 Å². The number of para-hydroxylation sites is 1. The minimum Gasteiger partial charge on any atom is -0.334 e. The second kappa shape index (κ2) is 7.73. The van der Waals surface area contributed by atoms with Gasteiger partial charge < -0.3 is 10.6 Å². The quantitative estimate of drug-likeness (QED) is 0.481. The van der Waals surface area contributed by atoms with Gasteiger partial charge in [0.1, 0.15) is 18.0 Å². The van der Waals surface area contributed by atoms with Crippen molar-refractivity contribution >= 4 is 28.7 Å². The first-order chi connectivity index (χ1) is 13.0. The molecule has 0 aliphatic heterocycles. The molecule has 0 saturated heterocycles. The molecule has 0 fully saturated rings. The minimum absolute atomic E-state index is 0.0600. The highest BCUT2D eigenvalue weighted by Gasteiger charge is 2.24. The number of hydrogen-bond acceptors (Lipinski definition) is 6. The van der Waals surface area contributed by atoms with Crippen LogP contribution >= 0.6 is 0 Å². The molecule has 0 unspecified atom stereocenters. The predicted molar refractivity (Wildman–Crippen MR) is 97.4 cm³/mol. The Kier molecular flexibility index (Phi) is 5.20. The molecule has 0 spiro atoms. The fourth-order valence-electron chi connectivity index (χ4n) is 2.53. The van der Waals surface area contributed by atoms with E-state index in [1.54, 1.807) is 12.1 Å². The van der Waals surface area contributed by atoms with E-state index in [1.165, 1.54) is 0 Å². The highest BCUT2D eigenvalue weighted by molar-refractivity contribution is 5.77. The van der Waals surface area contributed by atoms with Gasteiger partial charge in [0.05, 0.1) is 10.6 Å². The SMILES string of the molecule is CCc1ccccc1Nc1ncnc(Nc2cc(F)ccc2F)c1[N+](=O)[O-]. The van der Waals surface area contributed by atoms with Gasteiger partial charge in [-0.15, -0.1) is 0 Å². The van der Waals surface area contributed by atoms with E-state index in [9.17, 15) is 18.9 Å². The molecular formula is C18H15F2N5O2. The number of nitrogens with one attached hydrogen (secondary N) is 2. The van der Waals surface area contributed by atoms with Gasteiger partial charge in [-0.3, -0.25) is 10.1 Å². The van der Waals surface area contributed by atoms with Crippen LogP contribution in [0.25, 0.3) is 0 Å². The average molecular weight is 371 g/mol. The molecule has 27 heavy (non-hydrogen) atoms. The van der Waals surface area contributed by atoms with Gasteiger partial charge in [0.15, 0.2) is 0 Å². The van der Waals surface area contributed by atoms with Crippen LogP contribution in [0.4, 0.5) is 37.5 Å². The summed E-state index contributed by atoms with van der Waals surface area (Å²) >= 11 is 0. The third kappa shape index (κ3) is 3.97. The van der Waals surface area contributed by atoms with Gasteiger partial charge in [-0.25, -0.2) is 18.7 Å². The molecule has 138 valence electrons. The Morgan fingerprint density at radius 1 is 1.04 bits per heavy atom. The molecule has 0 saturated carbocycles. The summed E-state index contributed by atoms with van der Waals surface area (Å²) in [6, 6.07) is 10.1. The molecule has 0 amide bonds. The normalized spacial score (nSPS) is 10.5. The Balaban J connectivity index is 2.03. The average Bonchev–Trinajstić information content (AvgIpc) is 2.65. The van der Waals surface area contributed by atoms with E-state index >= 15 is 0 Å². The van der Waals surface area contributed by atoms with E-state index in [2.05, 4.69) is 20.6 Å². The second-order valence-corrected chi connectivity index (χ2v) is 5.56. The van der Waals surface area contributed by atoms with Crippen LogP contribution in [0, 0.1) is 21.7 Å². The van der Waals surface area contributed by atoms with Gasteiger partial charge in [0, 0.05) is 11.8 Å². The van der Waals surface area contributed by atoms with E-state index in [0.29, 0.717) is 12.1 Å². The van der Waals surface area contributed by atoms with E-state index in [0.717, 1.165) is 30.1 Å². The van der Waals surface area contributed by atoms with Crippen LogP contribution in [-0.2, 0) is 6.42 Å². The molecule has 2 N–H and O–H groups in total. The van der Waals surface area contributed by atoms with E-state index < -0.39 is 22.2 Å². The first-order valence-corrected chi connectivity index (χ1v) is 8.06. The summed E-state index contributed by atoms with van der Waals surface area (Å²) in [5.41, 5.74) is 0.851. The highest BCUT2D eigenvalue weighted by atomic mass is 19.1. The number of nitrogens with zero attached hydrogens (tertiary/aromatic N) is 3. The lowest BCUT2D eigenvalue weighted by molar-refractivity contribution is -0.383. The van der Waals surface area contributed by atoms with Crippen molar-refractivity contribution in [3.05, 3.63) is 76.1 Å². The standard InChI is InChI=1S/C18H15F2N5O2/c1-2-11-5-3-4-6-14(11)23-17-16(25(26)27)18(22-10-21-17)24-15-9-12(19)7-8-13(15)20/h3-10H,2H2,1H3,(H2,21,22,23,24). The summed E-state index contributed by atoms with van der Waals surface area (Å²) in [7, 11) is 0. The van der Waals surface area contributed by atoms with Crippen molar-refractivity contribution in [2.24, 2.45) is 0 Å². The molecule has 0 radical (unpaired) electrons. The molecule has 0 aliphatic carbocycles. The maximum atomic E-state index is 13.9. The van der Waals surface area contributed by atoms with Crippen molar-refractivity contribution in [2.75, 3.05) is 10.6 Å². The Morgan fingerprint density at radius 2 is 1.70 bits per heavy atom. The molecule has 2 aromatic carbocycles. The minimum atomic E-state index is -0.768. The third-order valence-electron chi connectivity index (χ3n) is 3.84. The summed E-state index contributed by atoms with van der Waals surface area (Å²) in [5, 5.41) is 17.0. The largest absolute Gasteiger partial charge is 0.353 e. The number of nitro groups is 1. The molecule has 0 aliphatic rings. The number of hydrogen-bond donors (Lipinski definition) is 2. The summed E-state index contributed by atoms with van der Waals surface area (Å²) in [5.74, 6) is -1.77. The van der Waals surface area contributed by atoms with Crippen molar-refractivity contribution in [2.45, 2.75) is 13.3 Å². The molecule has 3 rings (SSSR count). The number of aromatic nitrogens is 2. The Hall–Kier alpha value is -3.62. The Morgan fingerprint density at radius 3 is 2.37 bits per heavy atom. The first kappa shape index (κ1) is 18.2. The molecule has 1 aromatic heterocycles. The summed E-state index contributed by atoms with van der Waals surface area (Å²) < 4.78 is 27.2. The zero-order valence-corrected chi connectivity index (χ0v) is 14.2. The lowest BCUT2D eigenvalue weighted by Gasteiger charge is -2.12. The number of anilines is 4. The van der Waals surface area contributed by atoms with Crippen LogP contribution in [0.1, 0.15) is 12.5 Å². The second-order valence-electron chi connectivity index (χ2n) is 5.56. The van der Waals surface area contributed by atoms with Crippen LogP contribution in [0.5, 0.6) is 0 Å². The van der Waals surface area contributed by atoms with Crippen LogP contribution in [0.15, 0.2) is 48.8 Å². The van der Waals surface area contributed by atoms with E-state index in [4.69, 9.17) is 0 Å². The van der Waals surface area contributed by atoms with Gasteiger partial charge in [0.2, 0.25) is 11.6 Å².